The van der Waals surface area contributed by atoms with Crippen molar-refractivity contribution in [3.8, 4) is 0 Å². The number of carbonyl (C=O) groups is 2. The minimum absolute atomic E-state index is 0.0141. The number of aryl methyl sites for hydroxylation is 2. The molecule has 4 nitrogen and oxygen atoms in total. The van der Waals surface area contributed by atoms with E-state index >= 15 is 0 Å². The van der Waals surface area contributed by atoms with Crippen LogP contribution in [0.2, 0.25) is 0 Å². The number of thiophene rings is 1. The summed E-state index contributed by atoms with van der Waals surface area (Å²) in [5.41, 5.74) is 4.14. The minimum atomic E-state index is -0.0840. The maximum Gasteiger partial charge on any atom is 0.220 e. The number of hydrogen-bond donors (Lipinski definition) is 1. The molecule has 0 radical (unpaired) electrons. The molecule has 0 aliphatic rings. The summed E-state index contributed by atoms with van der Waals surface area (Å²) in [5.74, 6) is -0.0699. The third kappa shape index (κ3) is 5.51. The van der Waals surface area contributed by atoms with Crippen molar-refractivity contribution < 1.29 is 9.59 Å². The number of hydrogen-bond acceptors (Lipinski definition) is 4. The van der Waals surface area contributed by atoms with Crippen molar-refractivity contribution in [2.45, 2.75) is 32.7 Å². The number of ketones is 1. The molecular formula is C20H26N2O2S. The monoisotopic (exact) mass is 358 g/mol. The molecule has 0 aliphatic heterocycles. The molecule has 1 atom stereocenters. The zero-order valence-electron chi connectivity index (χ0n) is 15.3. The Kier molecular flexibility index (Phi) is 6.91. The van der Waals surface area contributed by atoms with E-state index in [0.717, 1.165) is 11.1 Å². The van der Waals surface area contributed by atoms with Gasteiger partial charge in [-0.3, -0.25) is 9.59 Å². The molecule has 0 saturated heterocycles. The first kappa shape index (κ1) is 19.3. The molecule has 0 fully saturated rings. The molecule has 5 heteroatoms. The van der Waals surface area contributed by atoms with Crippen LogP contribution in [-0.2, 0) is 4.79 Å². The highest BCUT2D eigenvalue weighted by Crippen LogP contribution is 2.20. The van der Waals surface area contributed by atoms with Gasteiger partial charge in [0, 0.05) is 24.9 Å². The lowest BCUT2D eigenvalue weighted by molar-refractivity contribution is -0.121. The van der Waals surface area contributed by atoms with E-state index < -0.39 is 0 Å². The first-order chi connectivity index (χ1) is 11.9. The van der Waals surface area contributed by atoms with Crippen LogP contribution in [0, 0.1) is 13.8 Å². The van der Waals surface area contributed by atoms with E-state index in [1.807, 2.05) is 51.5 Å². The van der Waals surface area contributed by atoms with Crippen molar-refractivity contribution in [1.82, 2.24) is 10.2 Å². The number of benzene rings is 1. The fourth-order valence-corrected chi connectivity index (χ4v) is 3.36. The van der Waals surface area contributed by atoms with Gasteiger partial charge in [0.25, 0.3) is 0 Å². The molecule has 1 amide bonds. The van der Waals surface area contributed by atoms with Gasteiger partial charge in [-0.2, -0.15) is 11.3 Å². The summed E-state index contributed by atoms with van der Waals surface area (Å²) in [6.45, 7) is 4.55. The van der Waals surface area contributed by atoms with Crippen molar-refractivity contribution in [2.75, 3.05) is 20.6 Å². The SMILES string of the molecule is Cc1ccc(C(=O)CCC(=O)NCC(c2ccsc2)N(C)C)cc1C. The number of Topliss-reactive ketones (excluding diaryl/α,β-unsaturated/α-hetero) is 1. The predicted octanol–water partition coefficient (Wildman–Crippen LogP) is 3.75. The summed E-state index contributed by atoms with van der Waals surface area (Å²) >= 11 is 1.65. The Morgan fingerprint density at radius 2 is 1.88 bits per heavy atom. The molecule has 0 saturated carbocycles. The van der Waals surface area contributed by atoms with Crippen LogP contribution in [-0.4, -0.2) is 37.2 Å². The van der Waals surface area contributed by atoms with Gasteiger partial charge in [-0.25, -0.2) is 0 Å². The van der Waals surface area contributed by atoms with Gasteiger partial charge < -0.3 is 10.2 Å². The number of nitrogens with zero attached hydrogens (tertiary/aromatic N) is 1. The lowest BCUT2D eigenvalue weighted by Gasteiger charge is -2.24. The summed E-state index contributed by atoms with van der Waals surface area (Å²) in [6, 6.07) is 7.90. The first-order valence-electron chi connectivity index (χ1n) is 8.44. The van der Waals surface area contributed by atoms with Gasteiger partial charge in [-0.05, 0) is 67.5 Å². The van der Waals surface area contributed by atoms with Crippen LogP contribution in [0.5, 0.6) is 0 Å². The van der Waals surface area contributed by atoms with Gasteiger partial charge in [0.1, 0.15) is 0 Å². The van der Waals surface area contributed by atoms with Gasteiger partial charge in [0.15, 0.2) is 5.78 Å². The number of likely N-dealkylation sites (N-methyl/N-ethyl adjacent to an activating group) is 1. The largest absolute Gasteiger partial charge is 0.354 e. The normalized spacial score (nSPS) is 12.2. The molecule has 0 bridgehead atoms. The molecule has 0 aliphatic carbocycles. The second-order valence-corrected chi connectivity index (χ2v) is 7.34. The van der Waals surface area contributed by atoms with E-state index in [9.17, 15) is 9.59 Å². The number of rotatable bonds is 8. The zero-order valence-corrected chi connectivity index (χ0v) is 16.2. The van der Waals surface area contributed by atoms with Crippen molar-refractivity contribution in [1.29, 1.82) is 0 Å². The molecule has 0 spiro atoms. The Labute approximate surface area is 153 Å². The van der Waals surface area contributed by atoms with E-state index in [0.29, 0.717) is 12.1 Å². The van der Waals surface area contributed by atoms with Crippen LogP contribution in [0.25, 0.3) is 0 Å². The third-order valence-corrected chi connectivity index (χ3v) is 5.15. The number of amides is 1. The highest BCUT2D eigenvalue weighted by molar-refractivity contribution is 7.07. The summed E-state index contributed by atoms with van der Waals surface area (Å²) in [7, 11) is 4.00. The maximum atomic E-state index is 12.3. The quantitative estimate of drug-likeness (QED) is 0.731. The Hall–Kier alpha value is -1.98. The lowest BCUT2D eigenvalue weighted by atomic mass is 10.0. The van der Waals surface area contributed by atoms with Gasteiger partial charge in [-0.1, -0.05) is 12.1 Å². The van der Waals surface area contributed by atoms with E-state index in [1.165, 1.54) is 5.56 Å². The summed E-state index contributed by atoms with van der Waals surface area (Å²) in [5, 5.41) is 7.09. The molecule has 1 unspecified atom stereocenters. The van der Waals surface area contributed by atoms with Crippen LogP contribution < -0.4 is 5.32 Å². The molecule has 25 heavy (non-hydrogen) atoms. The molecule has 1 N–H and O–H groups in total. The minimum Gasteiger partial charge on any atom is -0.354 e. The highest BCUT2D eigenvalue weighted by atomic mass is 32.1. The number of carbonyl (C=O) groups excluding carboxylic acids is 2. The fraction of sp³-hybridized carbons (Fsp3) is 0.400. The van der Waals surface area contributed by atoms with E-state index in [4.69, 9.17) is 0 Å². The van der Waals surface area contributed by atoms with Crippen LogP contribution in [0.4, 0.5) is 0 Å². The average Bonchev–Trinajstić information content (AvgIpc) is 3.09. The fourth-order valence-electron chi connectivity index (χ4n) is 2.65. The van der Waals surface area contributed by atoms with Gasteiger partial charge in [-0.15, -0.1) is 0 Å². The second-order valence-electron chi connectivity index (χ2n) is 6.56. The second kappa shape index (κ2) is 8.92. The smallest absolute Gasteiger partial charge is 0.220 e. The van der Waals surface area contributed by atoms with Gasteiger partial charge in [0.05, 0.1) is 6.04 Å². The highest BCUT2D eigenvalue weighted by Gasteiger charge is 2.16. The zero-order chi connectivity index (χ0) is 18.4. The topological polar surface area (TPSA) is 49.4 Å². The summed E-state index contributed by atoms with van der Waals surface area (Å²) < 4.78 is 0. The van der Waals surface area contributed by atoms with Crippen LogP contribution in [0.3, 0.4) is 0 Å². The summed E-state index contributed by atoms with van der Waals surface area (Å²) in [4.78, 5) is 26.5. The van der Waals surface area contributed by atoms with Crippen molar-refractivity contribution >= 4 is 23.0 Å². The molecule has 1 heterocycles. The molecular weight excluding hydrogens is 332 g/mol. The van der Waals surface area contributed by atoms with E-state index in [-0.39, 0.29) is 30.6 Å². The van der Waals surface area contributed by atoms with Crippen molar-refractivity contribution in [3.63, 3.8) is 0 Å². The van der Waals surface area contributed by atoms with Crippen molar-refractivity contribution in [3.05, 3.63) is 57.3 Å². The maximum absolute atomic E-state index is 12.3. The van der Waals surface area contributed by atoms with E-state index in [1.54, 1.807) is 11.3 Å². The molecule has 2 rings (SSSR count). The molecule has 2 aromatic rings. The molecule has 134 valence electrons. The van der Waals surface area contributed by atoms with Crippen LogP contribution in [0.15, 0.2) is 35.0 Å². The Bertz CT molecular complexity index is 723. The average molecular weight is 359 g/mol. The standard InChI is InChI=1S/C20H26N2O2S/c1-14-5-6-16(11-15(14)2)19(23)7-8-20(24)21-12-18(22(3)4)17-9-10-25-13-17/h5-6,9-11,13,18H,7-8,12H2,1-4H3,(H,21,24). The van der Waals surface area contributed by atoms with E-state index in [2.05, 4.69) is 21.7 Å². The first-order valence-corrected chi connectivity index (χ1v) is 9.38. The molecule has 1 aromatic heterocycles. The lowest BCUT2D eigenvalue weighted by Crippen LogP contribution is -2.34. The van der Waals surface area contributed by atoms with Crippen LogP contribution >= 0.6 is 11.3 Å². The molecule has 1 aromatic carbocycles. The van der Waals surface area contributed by atoms with Crippen LogP contribution in [0.1, 0.15) is 45.9 Å². The van der Waals surface area contributed by atoms with Gasteiger partial charge in [0.2, 0.25) is 5.91 Å². The Balaban J connectivity index is 1.83. The Morgan fingerprint density at radius 1 is 1.12 bits per heavy atom. The summed E-state index contributed by atoms with van der Waals surface area (Å²) in [6.07, 6.45) is 0.453. The van der Waals surface area contributed by atoms with Gasteiger partial charge >= 0.3 is 0 Å². The predicted molar refractivity (Wildman–Crippen MR) is 103 cm³/mol. The Morgan fingerprint density at radius 3 is 2.48 bits per heavy atom. The third-order valence-electron chi connectivity index (χ3n) is 4.45. The van der Waals surface area contributed by atoms with Crippen molar-refractivity contribution in [2.24, 2.45) is 0 Å². The number of nitrogens with one attached hydrogen (secondary N) is 1.